The van der Waals surface area contributed by atoms with Crippen LogP contribution in [0.1, 0.15) is 37.7 Å². The van der Waals surface area contributed by atoms with Crippen LogP contribution in [-0.4, -0.2) is 28.1 Å². The van der Waals surface area contributed by atoms with Crippen LogP contribution in [0.5, 0.6) is 0 Å². The topological polar surface area (TPSA) is 53.4 Å². The third-order valence-electron chi connectivity index (χ3n) is 4.64. The Balaban J connectivity index is 1.99. The molecule has 3 unspecified atom stereocenters. The van der Waals surface area contributed by atoms with Gasteiger partial charge in [0.2, 0.25) is 0 Å². The number of hydrogen-bond donors (Lipinski definition) is 1. The van der Waals surface area contributed by atoms with Gasteiger partial charge in [-0.05, 0) is 43.7 Å². The molecule has 19 heavy (non-hydrogen) atoms. The number of pyridine rings is 1. The zero-order valence-electron chi connectivity index (χ0n) is 11.2. The van der Waals surface area contributed by atoms with Crippen molar-refractivity contribution in [1.82, 2.24) is 4.98 Å². The number of carboxylic acids is 1. The van der Waals surface area contributed by atoms with Crippen molar-refractivity contribution in [3.63, 3.8) is 0 Å². The summed E-state index contributed by atoms with van der Waals surface area (Å²) in [5, 5.41) is 9.53. The molecule has 4 nitrogen and oxygen atoms in total. The van der Waals surface area contributed by atoms with Crippen LogP contribution < -0.4 is 4.90 Å². The largest absolute Gasteiger partial charge is 0.480 e. The molecule has 0 radical (unpaired) electrons. The first-order valence-corrected chi connectivity index (χ1v) is 7.10. The minimum absolute atomic E-state index is 0.366. The third-order valence-corrected chi connectivity index (χ3v) is 4.64. The van der Waals surface area contributed by atoms with E-state index in [9.17, 15) is 9.90 Å². The summed E-state index contributed by atoms with van der Waals surface area (Å²) in [6, 6.07) is 1.99. The Morgan fingerprint density at radius 3 is 2.95 bits per heavy atom. The van der Waals surface area contributed by atoms with Gasteiger partial charge < -0.3 is 10.0 Å². The molecule has 2 heterocycles. The number of hydrogen-bond acceptors (Lipinski definition) is 3. The van der Waals surface area contributed by atoms with Crippen molar-refractivity contribution in [3.8, 4) is 0 Å². The summed E-state index contributed by atoms with van der Waals surface area (Å²) >= 11 is 0. The SMILES string of the molecule is Cc1cnccc1N1C(C(=O)O)CC2CCCCC21. The Labute approximate surface area is 113 Å². The second kappa shape index (κ2) is 4.83. The maximum absolute atomic E-state index is 11.6. The first-order valence-electron chi connectivity index (χ1n) is 7.10. The molecule has 2 aliphatic rings. The predicted molar refractivity (Wildman–Crippen MR) is 73.2 cm³/mol. The molecule has 1 N–H and O–H groups in total. The summed E-state index contributed by atoms with van der Waals surface area (Å²) in [6.07, 6.45) is 9.14. The molecule has 0 amide bonds. The molecule has 1 aromatic heterocycles. The van der Waals surface area contributed by atoms with E-state index in [0.29, 0.717) is 12.0 Å². The van der Waals surface area contributed by atoms with Crippen molar-refractivity contribution in [2.24, 2.45) is 5.92 Å². The van der Waals surface area contributed by atoms with Crippen molar-refractivity contribution >= 4 is 11.7 Å². The predicted octanol–water partition coefficient (Wildman–Crippen LogP) is 2.61. The lowest BCUT2D eigenvalue weighted by molar-refractivity contribution is -0.138. The maximum atomic E-state index is 11.6. The second-order valence-electron chi connectivity index (χ2n) is 5.77. The molecule has 0 aromatic carbocycles. The number of nitrogens with zero attached hydrogens (tertiary/aromatic N) is 2. The Morgan fingerprint density at radius 2 is 2.21 bits per heavy atom. The quantitative estimate of drug-likeness (QED) is 0.888. The number of anilines is 1. The van der Waals surface area contributed by atoms with Gasteiger partial charge in [0.25, 0.3) is 0 Å². The molecule has 1 aromatic rings. The van der Waals surface area contributed by atoms with Gasteiger partial charge in [-0.15, -0.1) is 0 Å². The van der Waals surface area contributed by atoms with E-state index in [1.807, 2.05) is 19.2 Å². The summed E-state index contributed by atoms with van der Waals surface area (Å²) in [7, 11) is 0. The number of carbonyl (C=O) groups is 1. The molecular weight excluding hydrogens is 240 g/mol. The molecule has 1 aliphatic heterocycles. The lowest BCUT2D eigenvalue weighted by Crippen LogP contribution is -2.42. The summed E-state index contributed by atoms with van der Waals surface area (Å²) in [4.78, 5) is 17.9. The van der Waals surface area contributed by atoms with Crippen LogP contribution in [0.25, 0.3) is 0 Å². The molecule has 1 saturated heterocycles. The van der Waals surface area contributed by atoms with Gasteiger partial charge in [-0.2, -0.15) is 0 Å². The average Bonchev–Trinajstić information content (AvgIpc) is 2.79. The van der Waals surface area contributed by atoms with E-state index in [2.05, 4.69) is 9.88 Å². The summed E-state index contributed by atoms with van der Waals surface area (Å²) in [5.41, 5.74) is 2.12. The molecule has 0 bridgehead atoms. The van der Waals surface area contributed by atoms with Gasteiger partial charge in [-0.1, -0.05) is 12.8 Å². The normalized spacial score (nSPS) is 30.2. The van der Waals surface area contributed by atoms with Crippen molar-refractivity contribution in [1.29, 1.82) is 0 Å². The molecule has 3 atom stereocenters. The number of aromatic nitrogens is 1. The third kappa shape index (κ3) is 2.09. The fourth-order valence-corrected chi connectivity index (χ4v) is 3.78. The molecule has 1 saturated carbocycles. The fourth-order valence-electron chi connectivity index (χ4n) is 3.78. The van der Waals surface area contributed by atoms with Crippen LogP contribution in [0.2, 0.25) is 0 Å². The summed E-state index contributed by atoms with van der Waals surface area (Å²) < 4.78 is 0. The Kier molecular flexibility index (Phi) is 3.17. The van der Waals surface area contributed by atoms with Gasteiger partial charge >= 0.3 is 5.97 Å². The Bertz CT molecular complexity index is 489. The van der Waals surface area contributed by atoms with E-state index in [4.69, 9.17) is 0 Å². The zero-order chi connectivity index (χ0) is 13.4. The van der Waals surface area contributed by atoms with Gasteiger partial charge in [0, 0.05) is 24.1 Å². The highest BCUT2D eigenvalue weighted by atomic mass is 16.4. The first-order chi connectivity index (χ1) is 9.18. The minimum Gasteiger partial charge on any atom is -0.480 e. The highest BCUT2D eigenvalue weighted by molar-refractivity contribution is 5.80. The van der Waals surface area contributed by atoms with E-state index in [0.717, 1.165) is 24.1 Å². The van der Waals surface area contributed by atoms with Crippen LogP contribution in [0.3, 0.4) is 0 Å². The van der Waals surface area contributed by atoms with Crippen LogP contribution in [-0.2, 0) is 4.79 Å². The molecule has 1 aliphatic carbocycles. The molecule has 102 valence electrons. The Hall–Kier alpha value is -1.58. The number of aryl methyl sites for hydroxylation is 1. The van der Waals surface area contributed by atoms with Crippen LogP contribution in [0, 0.1) is 12.8 Å². The average molecular weight is 260 g/mol. The van der Waals surface area contributed by atoms with E-state index >= 15 is 0 Å². The van der Waals surface area contributed by atoms with Crippen LogP contribution in [0.15, 0.2) is 18.5 Å². The fraction of sp³-hybridized carbons (Fsp3) is 0.600. The number of aliphatic carboxylic acids is 1. The van der Waals surface area contributed by atoms with Gasteiger partial charge in [0.15, 0.2) is 0 Å². The molecule has 3 rings (SSSR count). The monoisotopic (exact) mass is 260 g/mol. The van der Waals surface area contributed by atoms with Gasteiger partial charge in [0.05, 0.1) is 0 Å². The van der Waals surface area contributed by atoms with Crippen molar-refractivity contribution in [2.45, 2.75) is 51.1 Å². The Morgan fingerprint density at radius 1 is 1.42 bits per heavy atom. The zero-order valence-corrected chi connectivity index (χ0v) is 11.2. The summed E-state index contributed by atoms with van der Waals surface area (Å²) in [6.45, 7) is 2.01. The minimum atomic E-state index is -0.689. The van der Waals surface area contributed by atoms with E-state index in [1.54, 1.807) is 6.20 Å². The number of fused-ring (bicyclic) bond motifs is 1. The second-order valence-corrected chi connectivity index (χ2v) is 5.77. The smallest absolute Gasteiger partial charge is 0.326 e. The highest BCUT2D eigenvalue weighted by Gasteiger charge is 2.45. The van der Waals surface area contributed by atoms with Crippen molar-refractivity contribution in [3.05, 3.63) is 24.0 Å². The maximum Gasteiger partial charge on any atom is 0.326 e. The van der Waals surface area contributed by atoms with Gasteiger partial charge in [-0.3, -0.25) is 4.98 Å². The van der Waals surface area contributed by atoms with E-state index in [1.165, 1.54) is 19.3 Å². The molecule has 4 heteroatoms. The molecule has 0 spiro atoms. The van der Waals surface area contributed by atoms with Crippen molar-refractivity contribution in [2.75, 3.05) is 4.90 Å². The lowest BCUT2D eigenvalue weighted by Gasteiger charge is -2.35. The first kappa shape index (κ1) is 12.5. The number of carboxylic acid groups (broad SMARTS) is 1. The standard InChI is InChI=1S/C15H20N2O2/c1-10-9-16-7-6-12(10)17-13-5-3-2-4-11(13)8-14(17)15(18)19/h6-7,9,11,13-14H,2-5,8H2,1H3,(H,18,19). The lowest BCUT2D eigenvalue weighted by atomic mass is 9.84. The van der Waals surface area contributed by atoms with Gasteiger partial charge in [0.1, 0.15) is 6.04 Å². The highest BCUT2D eigenvalue weighted by Crippen LogP contribution is 2.42. The van der Waals surface area contributed by atoms with Crippen LogP contribution >= 0.6 is 0 Å². The van der Waals surface area contributed by atoms with Gasteiger partial charge in [-0.25, -0.2) is 4.79 Å². The summed E-state index contributed by atoms with van der Waals surface area (Å²) in [5.74, 6) is -0.145. The van der Waals surface area contributed by atoms with E-state index in [-0.39, 0.29) is 6.04 Å². The van der Waals surface area contributed by atoms with Crippen molar-refractivity contribution < 1.29 is 9.90 Å². The molecule has 2 fully saturated rings. The molecular formula is C15H20N2O2. The van der Waals surface area contributed by atoms with E-state index < -0.39 is 5.97 Å². The van der Waals surface area contributed by atoms with Crippen LogP contribution in [0.4, 0.5) is 5.69 Å². The number of rotatable bonds is 2.